The van der Waals surface area contributed by atoms with Crippen molar-refractivity contribution in [3.63, 3.8) is 0 Å². The fraction of sp³-hybridized carbons (Fsp3) is 0.696. The maximum atomic E-state index is 13.1. The Kier molecular flexibility index (Phi) is 7.63. The molecule has 212 valence electrons. The summed E-state index contributed by atoms with van der Waals surface area (Å²) in [6.45, 7) is 4.80. The first-order valence-electron chi connectivity index (χ1n) is 13.0. The minimum absolute atomic E-state index is 0.0166. The summed E-state index contributed by atoms with van der Waals surface area (Å²) in [6.07, 6.45) is 1.82. The lowest BCUT2D eigenvalue weighted by Gasteiger charge is -2.47. The Morgan fingerprint density at radius 1 is 1.33 bits per heavy atom. The normalized spacial score (nSPS) is 32.8. The van der Waals surface area contributed by atoms with Crippen molar-refractivity contribution in [1.29, 1.82) is 0 Å². The van der Waals surface area contributed by atoms with E-state index in [1.54, 1.807) is 11.8 Å². The van der Waals surface area contributed by atoms with Crippen LogP contribution < -0.4 is 16.4 Å². The van der Waals surface area contributed by atoms with Gasteiger partial charge in [-0.3, -0.25) is 14.4 Å². The van der Waals surface area contributed by atoms with Crippen molar-refractivity contribution in [2.45, 2.75) is 56.2 Å². The fourth-order valence-corrected chi connectivity index (χ4v) is 7.62. The number of hydrogen-bond donors (Lipinski definition) is 5. The lowest BCUT2D eigenvalue weighted by molar-refractivity contribution is -0.158. The van der Waals surface area contributed by atoms with E-state index in [0.717, 1.165) is 0 Å². The van der Waals surface area contributed by atoms with Crippen molar-refractivity contribution in [3.05, 3.63) is 16.9 Å². The smallest absolute Gasteiger partial charge is 0.353 e. The number of carboxylic acid groups (broad SMARTS) is 1. The van der Waals surface area contributed by atoms with Gasteiger partial charge in [0, 0.05) is 60.3 Å². The SMILES string of the molecule is C[C@@H](NC(=O)Cn1cnnn1)[C@H]1C(=O)N2C(C(=O)O)=C(SC3CNC(C(=O)N4C[C@@H](CO)[C@H](N)C4)C3)[C@H](C)[C@H]12. The Morgan fingerprint density at radius 2 is 2.10 bits per heavy atom. The zero-order valence-corrected chi connectivity index (χ0v) is 22.5. The van der Waals surface area contributed by atoms with Gasteiger partial charge in [0.25, 0.3) is 0 Å². The summed E-state index contributed by atoms with van der Waals surface area (Å²) in [5, 5.41) is 36.1. The van der Waals surface area contributed by atoms with Gasteiger partial charge in [-0.2, -0.15) is 0 Å². The molecule has 16 heteroatoms. The first-order valence-corrected chi connectivity index (χ1v) is 13.8. The third kappa shape index (κ3) is 5.01. The van der Waals surface area contributed by atoms with Crippen LogP contribution in [0.15, 0.2) is 16.9 Å². The Morgan fingerprint density at radius 3 is 2.74 bits per heavy atom. The van der Waals surface area contributed by atoms with Crippen molar-refractivity contribution < 1.29 is 29.4 Å². The fourth-order valence-electron chi connectivity index (χ4n) is 6.14. The molecule has 1 aromatic rings. The molecule has 39 heavy (non-hydrogen) atoms. The number of β-lactam (4-membered cyclic amide) rings is 1. The van der Waals surface area contributed by atoms with Gasteiger partial charge >= 0.3 is 5.97 Å². The van der Waals surface area contributed by atoms with Crippen molar-refractivity contribution >= 4 is 35.5 Å². The van der Waals surface area contributed by atoms with Crippen molar-refractivity contribution in [2.75, 3.05) is 26.2 Å². The highest BCUT2D eigenvalue weighted by Gasteiger charge is 2.60. The molecule has 5 rings (SSSR count). The monoisotopic (exact) mass is 563 g/mol. The van der Waals surface area contributed by atoms with Crippen molar-refractivity contribution in [2.24, 2.45) is 23.5 Å². The first kappa shape index (κ1) is 27.5. The number of nitrogens with zero attached hydrogens (tertiary/aromatic N) is 6. The summed E-state index contributed by atoms with van der Waals surface area (Å²) >= 11 is 1.40. The highest BCUT2D eigenvalue weighted by molar-refractivity contribution is 8.03. The van der Waals surface area contributed by atoms with Gasteiger partial charge in [-0.05, 0) is 23.8 Å². The maximum Gasteiger partial charge on any atom is 0.353 e. The number of carbonyl (C=O) groups is 4. The van der Waals surface area contributed by atoms with E-state index in [0.29, 0.717) is 31.0 Å². The molecular formula is C23H33N9O6S. The number of nitrogens with two attached hydrogens (primary N) is 1. The summed E-state index contributed by atoms with van der Waals surface area (Å²) in [5.41, 5.74) is 6.02. The molecule has 3 fully saturated rings. The van der Waals surface area contributed by atoms with Gasteiger partial charge in [0.05, 0.1) is 18.0 Å². The number of hydrogen-bond acceptors (Lipinski definition) is 11. The van der Waals surface area contributed by atoms with Crippen LogP contribution in [0.5, 0.6) is 0 Å². The van der Waals surface area contributed by atoms with Gasteiger partial charge in [0.1, 0.15) is 18.6 Å². The molecule has 4 aliphatic heterocycles. The summed E-state index contributed by atoms with van der Waals surface area (Å²) in [7, 11) is 0. The zero-order chi connectivity index (χ0) is 28.0. The molecule has 0 bridgehead atoms. The number of amides is 3. The van der Waals surface area contributed by atoms with E-state index in [9.17, 15) is 29.4 Å². The Labute approximate surface area is 228 Å². The Balaban J connectivity index is 1.22. The predicted octanol–water partition coefficient (Wildman–Crippen LogP) is -2.81. The average molecular weight is 564 g/mol. The molecule has 0 aromatic carbocycles. The molecule has 6 N–H and O–H groups in total. The molecule has 0 radical (unpaired) electrons. The number of carboxylic acids is 1. The quantitative estimate of drug-likeness (QED) is 0.193. The largest absolute Gasteiger partial charge is 0.477 e. The molecular weight excluding hydrogens is 530 g/mol. The van der Waals surface area contributed by atoms with Gasteiger partial charge in [0.15, 0.2) is 0 Å². The van der Waals surface area contributed by atoms with Gasteiger partial charge in [-0.25, -0.2) is 9.48 Å². The summed E-state index contributed by atoms with van der Waals surface area (Å²) in [4.78, 5) is 54.5. The lowest BCUT2D eigenvalue weighted by Crippen LogP contribution is -2.66. The minimum Gasteiger partial charge on any atom is -0.477 e. The van der Waals surface area contributed by atoms with E-state index in [2.05, 4.69) is 26.2 Å². The van der Waals surface area contributed by atoms with E-state index in [4.69, 9.17) is 5.73 Å². The van der Waals surface area contributed by atoms with Crippen LogP contribution in [0.4, 0.5) is 0 Å². The second-order valence-electron chi connectivity index (χ2n) is 10.7. The predicted molar refractivity (Wildman–Crippen MR) is 136 cm³/mol. The van der Waals surface area contributed by atoms with Crippen LogP contribution in [-0.4, -0.2) is 120 Å². The van der Waals surface area contributed by atoms with Gasteiger partial charge in [-0.15, -0.1) is 16.9 Å². The number of aliphatic hydroxyl groups is 1. The topological polar surface area (TPSA) is 209 Å². The lowest BCUT2D eigenvalue weighted by atomic mass is 9.78. The molecule has 1 aromatic heterocycles. The number of aliphatic carboxylic acids is 1. The van der Waals surface area contributed by atoms with E-state index in [1.165, 1.54) is 27.7 Å². The highest BCUT2D eigenvalue weighted by Crippen LogP contribution is 2.51. The molecule has 0 spiro atoms. The summed E-state index contributed by atoms with van der Waals surface area (Å²) in [5.74, 6) is -2.89. The minimum atomic E-state index is -1.17. The highest BCUT2D eigenvalue weighted by atomic mass is 32.2. The van der Waals surface area contributed by atoms with Gasteiger partial charge in [-0.1, -0.05) is 6.92 Å². The number of nitrogens with one attached hydrogen (secondary N) is 2. The second-order valence-corrected chi connectivity index (χ2v) is 12.0. The number of thioether (sulfide) groups is 1. The number of aliphatic hydroxyl groups excluding tert-OH is 1. The number of aromatic nitrogens is 4. The molecule has 2 unspecified atom stereocenters. The van der Waals surface area contributed by atoms with Crippen LogP contribution >= 0.6 is 11.8 Å². The average Bonchev–Trinajstić information content (AvgIpc) is 3.67. The molecule has 3 saturated heterocycles. The first-order chi connectivity index (χ1) is 18.6. The molecule has 0 saturated carbocycles. The van der Waals surface area contributed by atoms with E-state index in [-0.39, 0.29) is 65.7 Å². The Bertz CT molecular complexity index is 1180. The number of likely N-dealkylation sites (tertiary alicyclic amines) is 1. The Hall–Kier alpha value is -3.08. The van der Waals surface area contributed by atoms with Crippen LogP contribution in [0.1, 0.15) is 20.3 Å². The van der Waals surface area contributed by atoms with Crippen LogP contribution in [0, 0.1) is 17.8 Å². The maximum absolute atomic E-state index is 13.1. The number of rotatable bonds is 9. The van der Waals surface area contributed by atoms with Crippen molar-refractivity contribution in [1.82, 2.24) is 40.6 Å². The molecule has 0 aliphatic carbocycles. The number of fused-ring (bicyclic) bond motifs is 1. The molecule has 5 heterocycles. The summed E-state index contributed by atoms with van der Waals surface area (Å²) in [6, 6.07) is -1.58. The molecule has 15 nitrogen and oxygen atoms in total. The molecule has 4 aliphatic rings. The molecule has 8 atom stereocenters. The van der Waals surface area contributed by atoms with E-state index >= 15 is 0 Å². The van der Waals surface area contributed by atoms with E-state index < -0.39 is 24.0 Å². The zero-order valence-electron chi connectivity index (χ0n) is 21.6. The second kappa shape index (κ2) is 10.8. The number of tetrazole rings is 1. The van der Waals surface area contributed by atoms with Crippen LogP contribution in [0.3, 0.4) is 0 Å². The summed E-state index contributed by atoms with van der Waals surface area (Å²) < 4.78 is 1.27. The third-order valence-corrected chi connectivity index (χ3v) is 9.65. The van der Waals surface area contributed by atoms with Crippen LogP contribution in [0.25, 0.3) is 0 Å². The van der Waals surface area contributed by atoms with Gasteiger partial charge in [0.2, 0.25) is 17.7 Å². The standard InChI is InChI=1S/C23H33N9O6S/c1-10-18-17(11(2)27-16(34)7-31-9-26-28-29-31)22(36)32(18)19(23(37)38)20(10)39-13-3-15(25-4-13)21(35)30-5-12(8-33)14(24)6-30/h9-15,17-18,25,33H,3-8,24H2,1-2H3,(H,27,34)(H,37,38)/t10-,11-,12+,13?,14-,15?,17-,18-/m1/s1. The molecule has 3 amide bonds. The third-order valence-electron chi connectivity index (χ3n) is 8.14. The van der Waals surface area contributed by atoms with Crippen molar-refractivity contribution in [3.8, 4) is 0 Å². The van der Waals surface area contributed by atoms with Crippen LogP contribution in [-0.2, 0) is 25.7 Å². The number of carbonyl (C=O) groups excluding carboxylic acids is 3. The van der Waals surface area contributed by atoms with Crippen LogP contribution in [0.2, 0.25) is 0 Å². The van der Waals surface area contributed by atoms with Gasteiger partial charge < -0.3 is 36.4 Å². The van der Waals surface area contributed by atoms with E-state index in [1.807, 2.05) is 6.92 Å².